The number of nitrogens with one attached hydrogen (secondary N) is 1. The number of thiophene rings is 1. The minimum absolute atomic E-state index is 0.0685. The average molecular weight is 494 g/mol. The predicted octanol–water partition coefficient (Wildman–Crippen LogP) is 4.34. The second-order valence-electron chi connectivity index (χ2n) is 7.51. The summed E-state index contributed by atoms with van der Waals surface area (Å²) in [4.78, 5) is 31.8. The molecule has 0 saturated heterocycles. The van der Waals surface area contributed by atoms with Gasteiger partial charge in [0.2, 0.25) is 5.91 Å². The molecule has 29 heavy (non-hydrogen) atoms. The first-order valence-electron chi connectivity index (χ1n) is 9.07. The van der Waals surface area contributed by atoms with Gasteiger partial charge >= 0.3 is 0 Å². The van der Waals surface area contributed by atoms with Crippen LogP contribution >= 0.6 is 39.0 Å². The Labute approximate surface area is 184 Å². The number of fused-ring (bicyclic) bond motifs is 3. The topological polar surface area (TPSA) is 73.2 Å². The summed E-state index contributed by atoms with van der Waals surface area (Å²) in [5.41, 5.74) is 1.43. The molecular formula is C20H20BrN3O3S2. The van der Waals surface area contributed by atoms with Crippen LogP contribution in [0.25, 0.3) is 10.2 Å². The molecule has 2 aromatic heterocycles. The quantitative estimate of drug-likeness (QED) is 0.432. The molecule has 1 aromatic carbocycles. The molecule has 1 aliphatic heterocycles. The number of nitrogens with zero attached hydrogens (tertiary/aromatic N) is 2. The maximum absolute atomic E-state index is 13.0. The van der Waals surface area contributed by atoms with E-state index in [2.05, 4.69) is 26.2 Å². The van der Waals surface area contributed by atoms with Crippen molar-refractivity contribution in [2.75, 3.05) is 11.1 Å². The lowest BCUT2D eigenvalue weighted by atomic mass is 9.94. The number of hydrogen-bond donors (Lipinski definition) is 1. The fourth-order valence-electron chi connectivity index (χ4n) is 3.24. The Balaban J connectivity index is 1.55. The van der Waals surface area contributed by atoms with Crippen LogP contribution in [-0.2, 0) is 29.6 Å². The molecule has 0 bridgehead atoms. The highest BCUT2D eigenvalue weighted by molar-refractivity contribution is 9.10. The molecule has 3 aromatic rings. The SMILES string of the molecule is Cn1c(SCC(=O)Nc2ccc(Br)cc2)nc2sc3c(c2c1=O)CC(C)(C)OC3. The van der Waals surface area contributed by atoms with Gasteiger partial charge in [-0.15, -0.1) is 11.3 Å². The first-order valence-corrected chi connectivity index (χ1v) is 11.7. The summed E-state index contributed by atoms with van der Waals surface area (Å²) in [5, 5.41) is 4.07. The number of amides is 1. The van der Waals surface area contributed by atoms with E-state index in [0.29, 0.717) is 23.6 Å². The van der Waals surface area contributed by atoms with E-state index in [-0.39, 0.29) is 22.8 Å². The molecule has 0 radical (unpaired) electrons. The Bertz CT molecular complexity index is 1150. The van der Waals surface area contributed by atoms with E-state index >= 15 is 0 Å². The second kappa shape index (κ2) is 7.86. The molecule has 0 fully saturated rings. The van der Waals surface area contributed by atoms with Gasteiger partial charge in [-0.25, -0.2) is 4.98 Å². The Morgan fingerprint density at radius 1 is 1.38 bits per heavy atom. The third-order valence-corrected chi connectivity index (χ3v) is 7.39. The Morgan fingerprint density at radius 3 is 2.83 bits per heavy atom. The van der Waals surface area contributed by atoms with Crippen molar-refractivity contribution in [2.45, 2.75) is 37.6 Å². The van der Waals surface area contributed by atoms with Crippen LogP contribution in [0, 0.1) is 0 Å². The number of benzene rings is 1. The van der Waals surface area contributed by atoms with E-state index in [0.717, 1.165) is 25.4 Å². The van der Waals surface area contributed by atoms with Gasteiger partial charge in [0.25, 0.3) is 5.56 Å². The van der Waals surface area contributed by atoms with Gasteiger partial charge in [-0.2, -0.15) is 0 Å². The number of rotatable bonds is 4. The number of thioether (sulfide) groups is 1. The van der Waals surface area contributed by atoms with Gasteiger partial charge in [-0.1, -0.05) is 27.7 Å². The van der Waals surface area contributed by atoms with Gasteiger partial charge in [0, 0.05) is 28.5 Å². The minimum Gasteiger partial charge on any atom is -0.370 e. The average Bonchev–Trinajstić information content (AvgIpc) is 3.01. The largest absolute Gasteiger partial charge is 0.370 e. The zero-order chi connectivity index (χ0) is 20.8. The Morgan fingerprint density at radius 2 is 2.10 bits per heavy atom. The summed E-state index contributed by atoms with van der Waals surface area (Å²) in [6.45, 7) is 4.57. The molecule has 0 saturated carbocycles. The monoisotopic (exact) mass is 493 g/mol. The second-order valence-corrected chi connectivity index (χ2v) is 10.5. The summed E-state index contributed by atoms with van der Waals surface area (Å²) in [6.07, 6.45) is 0.696. The summed E-state index contributed by atoms with van der Waals surface area (Å²) in [6, 6.07) is 7.38. The van der Waals surface area contributed by atoms with Crippen molar-refractivity contribution in [3.8, 4) is 0 Å². The molecule has 1 N–H and O–H groups in total. The molecule has 3 heterocycles. The predicted molar refractivity (Wildman–Crippen MR) is 121 cm³/mol. The minimum atomic E-state index is -0.287. The van der Waals surface area contributed by atoms with Crippen molar-refractivity contribution in [3.05, 3.63) is 49.5 Å². The molecule has 0 atom stereocenters. The summed E-state index contributed by atoms with van der Waals surface area (Å²) in [7, 11) is 1.71. The van der Waals surface area contributed by atoms with Crippen LogP contribution in [0.3, 0.4) is 0 Å². The number of aromatic nitrogens is 2. The van der Waals surface area contributed by atoms with Gasteiger partial charge in [-0.3, -0.25) is 14.2 Å². The highest BCUT2D eigenvalue weighted by Gasteiger charge is 2.31. The third-order valence-electron chi connectivity index (χ3n) is 4.73. The van der Waals surface area contributed by atoms with Gasteiger partial charge in [0.15, 0.2) is 5.16 Å². The van der Waals surface area contributed by atoms with Crippen LogP contribution in [0.1, 0.15) is 24.3 Å². The first kappa shape index (κ1) is 20.6. The molecule has 1 aliphatic rings. The van der Waals surface area contributed by atoms with E-state index in [1.165, 1.54) is 27.7 Å². The van der Waals surface area contributed by atoms with Crippen molar-refractivity contribution in [3.63, 3.8) is 0 Å². The van der Waals surface area contributed by atoms with E-state index in [1.54, 1.807) is 7.05 Å². The molecule has 152 valence electrons. The van der Waals surface area contributed by atoms with Gasteiger partial charge < -0.3 is 10.1 Å². The molecule has 0 unspecified atom stereocenters. The normalized spacial score (nSPS) is 15.3. The van der Waals surface area contributed by atoms with Crippen LogP contribution in [0.4, 0.5) is 5.69 Å². The lowest BCUT2D eigenvalue weighted by molar-refractivity contribution is -0.113. The molecule has 4 rings (SSSR count). The van der Waals surface area contributed by atoms with Crippen LogP contribution in [-0.4, -0.2) is 26.8 Å². The number of anilines is 1. The Kier molecular flexibility index (Phi) is 5.58. The van der Waals surface area contributed by atoms with Crippen LogP contribution < -0.4 is 10.9 Å². The molecule has 0 aliphatic carbocycles. The van der Waals surface area contributed by atoms with E-state index in [4.69, 9.17) is 4.74 Å². The highest BCUT2D eigenvalue weighted by atomic mass is 79.9. The van der Waals surface area contributed by atoms with E-state index in [1.807, 2.05) is 38.1 Å². The summed E-state index contributed by atoms with van der Waals surface area (Å²) in [5.74, 6) is 0.0237. The highest BCUT2D eigenvalue weighted by Crippen LogP contribution is 2.37. The fourth-order valence-corrected chi connectivity index (χ4v) is 5.42. The zero-order valence-corrected chi connectivity index (χ0v) is 19.5. The molecule has 1 amide bonds. The molecule has 9 heteroatoms. The van der Waals surface area contributed by atoms with Gasteiger partial charge in [0.05, 0.1) is 23.3 Å². The maximum atomic E-state index is 13.0. The molecule has 6 nitrogen and oxygen atoms in total. The van der Waals surface area contributed by atoms with E-state index in [9.17, 15) is 9.59 Å². The van der Waals surface area contributed by atoms with Crippen molar-refractivity contribution >= 4 is 60.8 Å². The number of ether oxygens (including phenoxy) is 1. The number of carbonyl (C=O) groups excluding carboxylic acids is 1. The van der Waals surface area contributed by atoms with Gasteiger partial charge in [-0.05, 0) is 43.7 Å². The van der Waals surface area contributed by atoms with E-state index < -0.39 is 0 Å². The standard InChI is InChI=1S/C20H20BrN3O3S2/c1-20(2)8-13-14(9-27-20)29-17-16(13)18(26)24(3)19(23-17)28-10-15(25)22-12-6-4-11(21)5-7-12/h4-7H,8-10H2,1-3H3,(H,22,25). The number of hydrogen-bond acceptors (Lipinski definition) is 6. The number of halogens is 1. The van der Waals surface area contributed by atoms with Crippen molar-refractivity contribution in [1.82, 2.24) is 9.55 Å². The van der Waals surface area contributed by atoms with Gasteiger partial charge in [0.1, 0.15) is 4.83 Å². The van der Waals surface area contributed by atoms with Crippen molar-refractivity contribution < 1.29 is 9.53 Å². The summed E-state index contributed by atoms with van der Waals surface area (Å²) >= 11 is 6.14. The maximum Gasteiger partial charge on any atom is 0.262 e. The zero-order valence-electron chi connectivity index (χ0n) is 16.2. The third kappa shape index (κ3) is 4.28. The smallest absolute Gasteiger partial charge is 0.262 e. The molecular weight excluding hydrogens is 474 g/mol. The fraction of sp³-hybridized carbons (Fsp3) is 0.350. The lowest BCUT2D eigenvalue weighted by Gasteiger charge is -2.29. The molecule has 0 spiro atoms. The first-order chi connectivity index (χ1) is 13.7. The van der Waals surface area contributed by atoms with Crippen molar-refractivity contribution in [1.29, 1.82) is 0 Å². The van der Waals surface area contributed by atoms with Crippen LogP contribution in [0.15, 0.2) is 38.7 Å². The van der Waals surface area contributed by atoms with Crippen LogP contribution in [0.2, 0.25) is 0 Å². The van der Waals surface area contributed by atoms with Crippen molar-refractivity contribution in [2.24, 2.45) is 7.05 Å². The Hall–Kier alpha value is -1.68. The summed E-state index contributed by atoms with van der Waals surface area (Å²) < 4.78 is 8.36. The lowest BCUT2D eigenvalue weighted by Crippen LogP contribution is -2.32. The number of carbonyl (C=O) groups is 1. The van der Waals surface area contributed by atoms with Crippen LogP contribution in [0.5, 0.6) is 0 Å².